The first-order valence-electron chi connectivity index (χ1n) is 8.55. The van der Waals surface area contributed by atoms with Crippen LogP contribution < -0.4 is 16.0 Å². The zero-order valence-electron chi connectivity index (χ0n) is 15.0. The summed E-state index contributed by atoms with van der Waals surface area (Å²) in [4.78, 5) is 32.0. The van der Waals surface area contributed by atoms with E-state index in [9.17, 15) is 14.7 Å². The Kier molecular flexibility index (Phi) is 4.54. The lowest BCUT2D eigenvalue weighted by Gasteiger charge is -2.14. The minimum atomic E-state index is -0.996. The second-order valence-corrected chi connectivity index (χ2v) is 6.24. The Balaban J connectivity index is 1.85. The van der Waals surface area contributed by atoms with E-state index in [0.29, 0.717) is 28.2 Å². The Hall–Kier alpha value is -3.65. The molecule has 1 atom stereocenters. The highest BCUT2D eigenvalue weighted by molar-refractivity contribution is 5.86. The number of nitrogens with zero attached hydrogens (tertiary/aromatic N) is 2. The first kappa shape index (κ1) is 17.7. The van der Waals surface area contributed by atoms with E-state index < -0.39 is 17.4 Å². The van der Waals surface area contributed by atoms with Gasteiger partial charge in [0.1, 0.15) is 5.75 Å². The molecule has 2 aromatic heterocycles. The number of aromatic nitrogens is 3. The summed E-state index contributed by atoms with van der Waals surface area (Å²) in [5.74, 6) is 0.863. The molecule has 8 nitrogen and oxygen atoms in total. The van der Waals surface area contributed by atoms with Gasteiger partial charge in [0.2, 0.25) is 0 Å². The molecule has 0 fully saturated rings. The van der Waals surface area contributed by atoms with Crippen molar-refractivity contribution >= 4 is 10.9 Å². The third-order valence-electron chi connectivity index (χ3n) is 4.54. The number of ether oxygens (including phenoxy) is 1. The van der Waals surface area contributed by atoms with Gasteiger partial charge in [0, 0.05) is 6.07 Å². The lowest BCUT2D eigenvalue weighted by molar-refractivity contribution is 0.153. The molecule has 0 amide bonds. The lowest BCUT2D eigenvalue weighted by atomic mass is 10.1. The van der Waals surface area contributed by atoms with Crippen molar-refractivity contribution in [2.75, 3.05) is 7.11 Å². The summed E-state index contributed by atoms with van der Waals surface area (Å²) in [5.41, 5.74) is 0.359. The lowest BCUT2D eigenvalue weighted by Crippen LogP contribution is -2.36. The maximum atomic E-state index is 13.0. The molecule has 0 bridgehead atoms. The molecule has 2 aromatic carbocycles. The van der Waals surface area contributed by atoms with Gasteiger partial charge in [-0.3, -0.25) is 9.36 Å². The zero-order valence-corrected chi connectivity index (χ0v) is 15.0. The van der Waals surface area contributed by atoms with Crippen molar-refractivity contribution in [3.05, 3.63) is 81.5 Å². The molecule has 0 saturated carbocycles. The molecule has 2 N–H and O–H groups in total. The van der Waals surface area contributed by atoms with Crippen LogP contribution in [0.15, 0.2) is 69.1 Å². The van der Waals surface area contributed by atoms with Crippen LogP contribution in [0, 0.1) is 0 Å². The molecular weight excluding hydrogens is 362 g/mol. The molecule has 142 valence electrons. The Morgan fingerprint density at radius 1 is 1.25 bits per heavy atom. The smallest absolute Gasteiger partial charge is 0.328 e. The second-order valence-electron chi connectivity index (χ2n) is 6.24. The summed E-state index contributed by atoms with van der Waals surface area (Å²) in [6.07, 6.45) is 1.79. The van der Waals surface area contributed by atoms with E-state index >= 15 is 0 Å². The molecule has 2 heterocycles. The number of methoxy groups -OCH3 is 1. The molecule has 1 unspecified atom stereocenters. The molecule has 0 saturated heterocycles. The minimum Gasteiger partial charge on any atom is -0.496 e. The largest absolute Gasteiger partial charge is 0.496 e. The normalized spacial score (nSPS) is 12.2. The summed E-state index contributed by atoms with van der Waals surface area (Å²) in [5, 5.41) is 10.7. The Morgan fingerprint density at radius 2 is 2.04 bits per heavy atom. The van der Waals surface area contributed by atoms with Crippen molar-refractivity contribution < 1.29 is 14.3 Å². The second kappa shape index (κ2) is 7.16. The van der Waals surface area contributed by atoms with Crippen LogP contribution in [0.4, 0.5) is 0 Å². The molecule has 0 spiro atoms. The van der Waals surface area contributed by atoms with Crippen molar-refractivity contribution in [3.8, 4) is 17.1 Å². The number of hydrogen-bond acceptors (Lipinski definition) is 6. The number of oxazole rings is 1. The molecular formula is C20H17N3O5. The fourth-order valence-corrected chi connectivity index (χ4v) is 3.11. The molecule has 0 radical (unpaired) electrons. The van der Waals surface area contributed by atoms with Crippen molar-refractivity contribution in [3.63, 3.8) is 0 Å². The molecule has 8 heteroatoms. The SMILES string of the molecule is COc1cc2[nH]c(=O)n(CC(O)c3ccccc3)c(=O)c2cc1-c1cnco1. The highest BCUT2D eigenvalue weighted by Gasteiger charge is 2.17. The predicted molar refractivity (Wildman–Crippen MR) is 102 cm³/mol. The van der Waals surface area contributed by atoms with Crippen LogP contribution in [0.1, 0.15) is 11.7 Å². The van der Waals surface area contributed by atoms with Crippen molar-refractivity contribution in [2.24, 2.45) is 0 Å². The Morgan fingerprint density at radius 3 is 2.71 bits per heavy atom. The molecule has 0 aliphatic rings. The van der Waals surface area contributed by atoms with Crippen LogP contribution >= 0.6 is 0 Å². The van der Waals surface area contributed by atoms with Crippen molar-refractivity contribution in [1.29, 1.82) is 0 Å². The van der Waals surface area contributed by atoms with E-state index in [1.165, 1.54) is 19.7 Å². The number of H-pyrrole nitrogens is 1. The Labute approximate surface area is 158 Å². The van der Waals surface area contributed by atoms with E-state index in [1.54, 1.807) is 36.4 Å². The first-order valence-corrected chi connectivity index (χ1v) is 8.55. The summed E-state index contributed by atoms with van der Waals surface area (Å²) < 4.78 is 11.6. The number of aliphatic hydroxyl groups is 1. The quantitative estimate of drug-likeness (QED) is 0.549. The fraction of sp³-hybridized carbons (Fsp3) is 0.150. The summed E-state index contributed by atoms with van der Waals surface area (Å²) in [7, 11) is 1.48. The van der Waals surface area contributed by atoms with Crippen LogP contribution in [0.5, 0.6) is 5.75 Å². The van der Waals surface area contributed by atoms with Gasteiger partial charge in [-0.2, -0.15) is 0 Å². The number of nitrogens with one attached hydrogen (secondary N) is 1. The monoisotopic (exact) mass is 379 g/mol. The molecule has 0 aliphatic carbocycles. The molecule has 4 rings (SSSR count). The molecule has 0 aliphatic heterocycles. The topological polar surface area (TPSA) is 110 Å². The maximum Gasteiger partial charge on any atom is 0.328 e. The standard InChI is InChI=1S/C20H17N3O5/c1-27-17-8-15-13(7-14(17)18-9-21-11-28-18)19(25)23(20(26)22-15)10-16(24)12-5-3-2-4-6-12/h2-9,11,16,24H,10H2,1H3,(H,22,26). The zero-order chi connectivity index (χ0) is 19.7. The third kappa shape index (κ3) is 3.10. The number of fused-ring (bicyclic) bond motifs is 1. The van der Waals surface area contributed by atoms with E-state index in [0.717, 1.165) is 4.57 Å². The van der Waals surface area contributed by atoms with Crippen LogP contribution in [0.2, 0.25) is 0 Å². The van der Waals surface area contributed by atoms with Gasteiger partial charge in [-0.05, 0) is 11.6 Å². The number of aromatic amines is 1. The maximum absolute atomic E-state index is 13.0. The fourth-order valence-electron chi connectivity index (χ4n) is 3.11. The highest BCUT2D eigenvalue weighted by Crippen LogP contribution is 2.32. The van der Waals surface area contributed by atoms with E-state index in [1.807, 2.05) is 6.07 Å². The van der Waals surface area contributed by atoms with Gasteiger partial charge < -0.3 is 19.2 Å². The average molecular weight is 379 g/mol. The van der Waals surface area contributed by atoms with Crippen molar-refractivity contribution in [1.82, 2.24) is 14.5 Å². The van der Waals surface area contributed by atoms with Crippen LogP contribution in [-0.4, -0.2) is 26.8 Å². The van der Waals surface area contributed by atoms with Gasteiger partial charge in [-0.15, -0.1) is 0 Å². The summed E-state index contributed by atoms with van der Waals surface area (Å²) in [6.45, 7) is -0.169. The van der Waals surface area contributed by atoms with Crippen LogP contribution in [0.3, 0.4) is 0 Å². The van der Waals surface area contributed by atoms with Gasteiger partial charge in [-0.1, -0.05) is 30.3 Å². The van der Waals surface area contributed by atoms with E-state index in [4.69, 9.17) is 9.15 Å². The van der Waals surface area contributed by atoms with Gasteiger partial charge in [0.25, 0.3) is 5.56 Å². The number of aliphatic hydroxyl groups excluding tert-OH is 1. The van der Waals surface area contributed by atoms with Crippen LogP contribution in [-0.2, 0) is 6.54 Å². The minimum absolute atomic E-state index is 0.169. The van der Waals surface area contributed by atoms with E-state index in [2.05, 4.69) is 9.97 Å². The number of hydrogen-bond donors (Lipinski definition) is 2. The van der Waals surface area contributed by atoms with E-state index in [-0.39, 0.29) is 11.9 Å². The predicted octanol–water partition coefficient (Wildman–Crippen LogP) is 2.09. The number of benzene rings is 2. The van der Waals surface area contributed by atoms with Crippen LogP contribution in [0.25, 0.3) is 22.2 Å². The van der Waals surface area contributed by atoms with Gasteiger partial charge in [-0.25, -0.2) is 9.78 Å². The molecule has 28 heavy (non-hydrogen) atoms. The average Bonchev–Trinajstić information content (AvgIpc) is 3.25. The van der Waals surface area contributed by atoms with Gasteiger partial charge in [0.05, 0.1) is 42.4 Å². The van der Waals surface area contributed by atoms with Gasteiger partial charge >= 0.3 is 5.69 Å². The third-order valence-corrected chi connectivity index (χ3v) is 4.54. The highest BCUT2D eigenvalue weighted by atomic mass is 16.5. The Bertz CT molecular complexity index is 1230. The summed E-state index contributed by atoms with van der Waals surface area (Å²) >= 11 is 0. The van der Waals surface area contributed by atoms with Crippen molar-refractivity contribution in [2.45, 2.75) is 12.6 Å². The molecule has 4 aromatic rings. The first-order chi connectivity index (χ1) is 13.6. The summed E-state index contributed by atoms with van der Waals surface area (Å²) in [6, 6.07) is 12.0. The number of rotatable bonds is 5. The van der Waals surface area contributed by atoms with Gasteiger partial charge in [0.15, 0.2) is 12.2 Å².